The lowest BCUT2D eigenvalue weighted by Gasteiger charge is -2.13. The molecule has 0 unspecified atom stereocenters. The highest BCUT2D eigenvalue weighted by Crippen LogP contribution is 2.30. The van der Waals surface area contributed by atoms with Gasteiger partial charge in [-0.15, -0.1) is 0 Å². The van der Waals surface area contributed by atoms with E-state index in [4.69, 9.17) is 4.74 Å². The molecule has 10 heteroatoms. The molecule has 4 rings (SSSR count). The molecule has 184 valence electrons. The fourth-order valence-corrected chi connectivity index (χ4v) is 4.32. The number of imide groups is 1. The summed E-state index contributed by atoms with van der Waals surface area (Å²) in [5, 5.41) is 11.2. The number of Topliss-reactive ketones (excluding diaryl/α,β-unsaturated/α-hetero) is 1. The first kappa shape index (κ1) is 24.5. The molecule has 2 amide bonds. The van der Waals surface area contributed by atoms with Crippen molar-refractivity contribution in [2.45, 2.75) is 26.8 Å². The van der Waals surface area contributed by atoms with Gasteiger partial charge in [0.05, 0.1) is 10.5 Å². The molecule has 1 aromatic heterocycles. The van der Waals surface area contributed by atoms with Gasteiger partial charge < -0.3 is 9.30 Å². The number of carbonyl (C=O) groups excluding carboxylic acids is 4. The first-order valence-corrected chi connectivity index (χ1v) is 11.2. The molecule has 0 fully saturated rings. The van der Waals surface area contributed by atoms with Gasteiger partial charge in [0.1, 0.15) is 12.1 Å². The van der Waals surface area contributed by atoms with Crippen molar-refractivity contribution in [3.8, 4) is 0 Å². The van der Waals surface area contributed by atoms with E-state index in [2.05, 4.69) is 0 Å². The largest absolute Gasteiger partial charge is 0.456 e. The summed E-state index contributed by atoms with van der Waals surface area (Å²) in [4.78, 5) is 61.3. The summed E-state index contributed by atoms with van der Waals surface area (Å²) in [6.45, 7) is 3.07. The summed E-state index contributed by atoms with van der Waals surface area (Å²) in [6, 6.07) is 15.4. The van der Waals surface area contributed by atoms with Crippen molar-refractivity contribution in [3.63, 3.8) is 0 Å². The van der Waals surface area contributed by atoms with Crippen LogP contribution in [0.1, 0.15) is 48.0 Å². The van der Waals surface area contributed by atoms with Crippen molar-refractivity contribution in [2.24, 2.45) is 0 Å². The number of nitro benzene ring substituents is 1. The van der Waals surface area contributed by atoms with Gasteiger partial charge >= 0.3 is 5.97 Å². The second kappa shape index (κ2) is 9.95. The summed E-state index contributed by atoms with van der Waals surface area (Å²) < 4.78 is 7.07. The summed E-state index contributed by atoms with van der Waals surface area (Å²) in [6.07, 6.45) is 0.790. The van der Waals surface area contributed by atoms with Gasteiger partial charge in [-0.25, -0.2) is 0 Å². The SMILES string of the molecule is Cc1cc(C(=O)COC(=O)CN2C(=O)c3cccc([N+](=O)[O-])c3C2=O)c(C)n1CCc1ccccc1. The molecule has 36 heavy (non-hydrogen) atoms. The number of rotatable bonds is 9. The van der Waals surface area contributed by atoms with Crippen molar-refractivity contribution < 1.29 is 28.8 Å². The quantitative estimate of drug-likeness (QED) is 0.148. The maximum absolute atomic E-state index is 12.8. The van der Waals surface area contributed by atoms with Crippen molar-refractivity contribution in [3.05, 3.63) is 98.4 Å². The highest BCUT2D eigenvalue weighted by molar-refractivity contribution is 6.24. The Kier molecular flexibility index (Phi) is 6.77. The number of amides is 2. The highest BCUT2D eigenvalue weighted by Gasteiger charge is 2.42. The first-order valence-electron chi connectivity index (χ1n) is 11.2. The molecule has 10 nitrogen and oxygen atoms in total. The van der Waals surface area contributed by atoms with Crippen molar-refractivity contribution >= 4 is 29.3 Å². The van der Waals surface area contributed by atoms with Gasteiger partial charge in [-0.05, 0) is 38.0 Å². The lowest BCUT2D eigenvalue weighted by Crippen LogP contribution is -2.36. The number of hydrogen-bond donors (Lipinski definition) is 0. The average molecular weight is 489 g/mol. The Morgan fingerprint density at radius 1 is 1.00 bits per heavy atom. The Balaban J connectivity index is 1.38. The van der Waals surface area contributed by atoms with E-state index in [1.165, 1.54) is 17.7 Å². The third kappa shape index (κ3) is 4.65. The number of fused-ring (bicyclic) bond motifs is 1. The third-order valence-electron chi connectivity index (χ3n) is 6.17. The number of ketones is 1. The Morgan fingerprint density at radius 2 is 1.72 bits per heavy atom. The van der Waals surface area contributed by atoms with Crippen LogP contribution in [0.2, 0.25) is 0 Å². The van der Waals surface area contributed by atoms with Crippen LogP contribution in [0.25, 0.3) is 0 Å². The number of nitro groups is 1. The van der Waals surface area contributed by atoms with Gasteiger partial charge in [-0.1, -0.05) is 36.4 Å². The molecule has 0 saturated heterocycles. The first-order chi connectivity index (χ1) is 17.2. The number of esters is 1. The molecule has 0 N–H and O–H groups in total. The van der Waals surface area contributed by atoms with Crippen LogP contribution in [-0.4, -0.2) is 51.1 Å². The Bertz CT molecular complexity index is 1390. The smallest absolute Gasteiger partial charge is 0.326 e. The number of benzene rings is 2. The standard InChI is InChI=1S/C26H23N3O7/c1-16-13-20(17(2)27(16)12-11-18-7-4-3-5-8-18)22(30)15-36-23(31)14-28-25(32)19-9-6-10-21(29(34)35)24(19)26(28)33/h3-10,13H,11-12,14-15H2,1-2H3. The van der Waals surface area contributed by atoms with Gasteiger partial charge in [0.25, 0.3) is 17.5 Å². The number of ether oxygens (including phenoxy) is 1. The van der Waals surface area contributed by atoms with Gasteiger partial charge in [-0.3, -0.25) is 34.2 Å². The second-order valence-electron chi connectivity index (χ2n) is 8.41. The maximum Gasteiger partial charge on any atom is 0.326 e. The highest BCUT2D eigenvalue weighted by atomic mass is 16.6. The molecule has 0 saturated carbocycles. The number of carbonyl (C=O) groups is 4. The normalized spacial score (nSPS) is 12.6. The molecule has 2 aromatic carbocycles. The molecule has 0 bridgehead atoms. The van der Waals surface area contributed by atoms with Crippen LogP contribution in [0.5, 0.6) is 0 Å². The zero-order valence-corrected chi connectivity index (χ0v) is 19.7. The van der Waals surface area contributed by atoms with E-state index in [1.54, 1.807) is 6.07 Å². The minimum Gasteiger partial charge on any atom is -0.456 e. The number of aryl methyl sites for hydroxylation is 2. The minimum atomic E-state index is -0.974. The Hall–Kier alpha value is -4.60. The average Bonchev–Trinajstić information content (AvgIpc) is 3.29. The van der Waals surface area contributed by atoms with E-state index in [1.807, 2.05) is 48.7 Å². The van der Waals surface area contributed by atoms with E-state index >= 15 is 0 Å². The van der Waals surface area contributed by atoms with Crippen molar-refractivity contribution in [2.75, 3.05) is 13.2 Å². The van der Waals surface area contributed by atoms with E-state index in [9.17, 15) is 29.3 Å². The molecule has 0 radical (unpaired) electrons. The monoisotopic (exact) mass is 489 g/mol. The molecular weight excluding hydrogens is 466 g/mol. The van der Waals surface area contributed by atoms with Crippen LogP contribution in [-0.2, 0) is 22.5 Å². The van der Waals surface area contributed by atoms with E-state index in [0.29, 0.717) is 17.0 Å². The summed E-state index contributed by atoms with van der Waals surface area (Å²) in [5.41, 5.74) is 2.21. The summed E-state index contributed by atoms with van der Waals surface area (Å²) in [7, 11) is 0. The number of hydrogen-bond acceptors (Lipinski definition) is 7. The molecule has 1 aliphatic heterocycles. The van der Waals surface area contributed by atoms with Crippen molar-refractivity contribution in [1.29, 1.82) is 0 Å². The minimum absolute atomic E-state index is 0.152. The molecule has 3 aromatic rings. The van der Waals surface area contributed by atoms with Gasteiger partial charge in [0.15, 0.2) is 6.61 Å². The second-order valence-corrected chi connectivity index (χ2v) is 8.41. The zero-order valence-electron chi connectivity index (χ0n) is 19.7. The van der Waals surface area contributed by atoms with E-state index in [-0.39, 0.29) is 11.1 Å². The fraction of sp³-hybridized carbons (Fsp3) is 0.231. The van der Waals surface area contributed by atoms with E-state index in [0.717, 1.165) is 23.9 Å². The summed E-state index contributed by atoms with van der Waals surface area (Å²) in [5.74, 6) is -3.17. The van der Waals surface area contributed by atoms with Gasteiger partial charge in [0.2, 0.25) is 5.78 Å². The van der Waals surface area contributed by atoms with Crippen LogP contribution in [0.3, 0.4) is 0 Å². The van der Waals surface area contributed by atoms with Crippen LogP contribution in [0.4, 0.5) is 5.69 Å². The summed E-state index contributed by atoms with van der Waals surface area (Å²) >= 11 is 0. The van der Waals surface area contributed by atoms with Gasteiger partial charge in [0, 0.05) is 29.6 Å². The Labute approximate surface area is 206 Å². The third-order valence-corrected chi connectivity index (χ3v) is 6.17. The fourth-order valence-electron chi connectivity index (χ4n) is 4.32. The van der Waals surface area contributed by atoms with Crippen LogP contribution >= 0.6 is 0 Å². The maximum atomic E-state index is 12.8. The number of aromatic nitrogens is 1. The van der Waals surface area contributed by atoms with Crippen molar-refractivity contribution in [1.82, 2.24) is 9.47 Å². The molecule has 0 spiro atoms. The molecule has 0 aliphatic carbocycles. The molecular formula is C26H23N3O7. The van der Waals surface area contributed by atoms with Crippen LogP contribution < -0.4 is 0 Å². The van der Waals surface area contributed by atoms with E-state index < -0.39 is 47.3 Å². The molecule has 0 atom stereocenters. The Morgan fingerprint density at radius 3 is 2.42 bits per heavy atom. The van der Waals surface area contributed by atoms with Crippen LogP contribution in [0.15, 0.2) is 54.6 Å². The lowest BCUT2D eigenvalue weighted by atomic mass is 10.1. The van der Waals surface area contributed by atoms with Crippen LogP contribution in [0, 0.1) is 24.0 Å². The molecule has 2 heterocycles. The zero-order chi connectivity index (χ0) is 26.0. The lowest BCUT2D eigenvalue weighted by molar-refractivity contribution is -0.385. The predicted molar refractivity (Wildman–Crippen MR) is 128 cm³/mol. The number of nitrogens with zero attached hydrogens (tertiary/aromatic N) is 3. The topological polar surface area (TPSA) is 129 Å². The van der Waals surface area contributed by atoms with Gasteiger partial charge in [-0.2, -0.15) is 0 Å². The molecule has 1 aliphatic rings. The predicted octanol–water partition coefficient (Wildman–Crippen LogP) is 3.28.